The standard InChI is InChI=1S/C16H34N2/c1-5-16(4,12-17)13-18(11-10-14(2)3)15-8-6-7-9-15/h14-15H,5-13,17H2,1-4H3. The normalized spacial score (nSPS) is 20.8. The summed E-state index contributed by atoms with van der Waals surface area (Å²) in [4.78, 5) is 2.75. The van der Waals surface area contributed by atoms with Crippen molar-refractivity contribution in [2.24, 2.45) is 17.1 Å². The molecule has 0 aromatic carbocycles. The van der Waals surface area contributed by atoms with Crippen molar-refractivity contribution < 1.29 is 0 Å². The van der Waals surface area contributed by atoms with E-state index in [0.29, 0.717) is 5.41 Å². The van der Waals surface area contributed by atoms with Crippen LogP contribution in [0.1, 0.15) is 66.2 Å². The Morgan fingerprint density at radius 3 is 2.33 bits per heavy atom. The molecule has 1 fully saturated rings. The SMILES string of the molecule is CCC(C)(CN)CN(CCC(C)C)C1CCCC1. The second kappa shape index (κ2) is 7.49. The van der Waals surface area contributed by atoms with Crippen molar-refractivity contribution in [2.45, 2.75) is 72.3 Å². The first-order chi connectivity index (χ1) is 8.50. The molecule has 0 aliphatic heterocycles. The number of rotatable bonds is 8. The van der Waals surface area contributed by atoms with Gasteiger partial charge in [0.05, 0.1) is 0 Å². The third kappa shape index (κ3) is 4.89. The minimum absolute atomic E-state index is 0.305. The fourth-order valence-electron chi connectivity index (χ4n) is 2.90. The maximum absolute atomic E-state index is 5.99. The van der Waals surface area contributed by atoms with E-state index in [9.17, 15) is 0 Å². The minimum atomic E-state index is 0.305. The van der Waals surface area contributed by atoms with Crippen molar-refractivity contribution in [1.82, 2.24) is 4.90 Å². The van der Waals surface area contributed by atoms with Gasteiger partial charge >= 0.3 is 0 Å². The van der Waals surface area contributed by atoms with E-state index in [4.69, 9.17) is 5.73 Å². The predicted molar refractivity (Wildman–Crippen MR) is 80.7 cm³/mol. The molecule has 0 saturated heterocycles. The molecule has 1 saturated carbocycles. The van der Waals surface area contributed by atoms with Gasteiger partial charge < -0.3 is 5.73 Å². The van der Waals surface area contributed by atoms with Crippen LogP contribution in [0, 0.1) is 11.3 Å². The highest BCUT2D eigenvalue weighted by Gasteiger charge is 2.29. The maximum atomic E-state index is 5.99. The third-order valence-electron chi connectivity index (χ3n) is 4.77. The lowest BCUT2D eigenvalue weighted by atomic mass is 9.86. The highest BCUT2D eigenvalue weighted by Crippen LogP contribution is 2.29. The summed E-state index contributed by atoms with van der Waals surface area (Å²) in [6, 6.07) is 0.834. The molecule has 1 atom stereocenters. The van der Waals surface area contributed by atoms with Crippen LogP contribution < -0.4 is 5.73 Å². The van der Waals surface area contributed by atoms with Crippen molar-refractivity contribution >= 4 is 0 Å². The first-order valence-corrected chi connectivity index (χ1v) is 7.95. The molecule has 0 amide bonds. The van der Waals surface area contributed by atoms with Gasteiger partial charge in [0.1, 0.15) is 0 Å². The Balaban J connectivity index is 2.58. The average molecular weight is 254 g/mol. The van der Waals surface area contributed by atoms with Gasteiger partial charge in [0.2, 0.25) is 0 Å². The van der Waals surface area contributed by atoms with Gasteiger partial charge in [-0.25, -0.2) is 0 Å². The van der Waals surface area contributed by atoms with Gasteiger partial charge in [-0.3, -0.25) is 4.90 Å². The number of nitrogens with zero attached hydrogens (tertiary/aromatic N) is 1. The number of hydrogen-bond acceptors (Lipinski definition) is 2. The van der Waals surface area contributed by atoms with E-state index in [2.05, 4.69) is 32.6 Å². The summed E-state index contributed by atoms with van der Waals surface area (Å²) in [5.74, 6) is 0.805. The van der Waals surface area contributed by atoms with Crippen LogP contribution in [0.4, 0.5) is 0 Å². The van der Waals surface area contributed by atoms with Crippen LogP contribution in [0.5, 0.6) is 0 Å². The molecule has 1 aliphatic carbocycles. The molecule has 0 heterocycles. The summed E-state index contributed by atoms with van der Waals surface area (Å²) < 4.78 is 0. The Morgan fingerprint density at radius 1 is 1.28 bits per heavy atom. The van der Waals surface area contributed by atoms with Crippen LogP contribution in [-0.2, 0) is 0 Å². The maximum Gasteiger partial charge on any atom is 0.00955 e. The zero-order valence-electron chi connectivity index (χ0n) is 13.0. The van der Waals surface area contributed by atoms with E-state index in [1.54, 1.807) is 0 Å². The average Bonchev–Trinajstić information content (AvgIpc) is 2.87. The molecule has 0 aromatic heterocycles. The minimum Gasteiger partial charge on any atom is -0.330 e. The van der Waals surface area contributed by atoms with Crippen LogP contribution in [0.3, 0.4) is 0 Å². The van der Waals surface area contributed by atoms with Crippen molar-refractivity contribution in [3.05, 3.63) is 0 Å². The van der Waals surface area contributed by atoms with E-state index >= 15 is 0 Å². The fraction of sp³-hybridized carbons (Fsp3) is 1.00. The van der Waals surface area contributed by atoms with Crippen molar-refractivity contribution in [1.29, 1.82) is 0 Å². The zero-order chi connectivity index (χ0) is 13.6. The highest BCUT2D eigenvalue weighted by molar-refractivity contribution is 4.84. The second-order valence-electron chi connectivity index (χ2n) is 6.96. The fourth-order valence-corrected chi connectivity index (χ4v) is 2.90. The van der Waals surface area contributed by atoms with E-state index in [1.807, 2.05) is 0 Å². The van der Waals surface area contributed by atoms with Crippen molar-refractivity contribution in [3.8, 4) is 0 Å². The largest absolute Gasteiger partial charge is 0.330 e. The zero-order valence-corrected chi connectivity index (χ0v) is 13.0. The summed E-state index contributed by atoms with van der Waals surface area (Å²) in [6.45, 7) is 12.6. The van der Waals surface area contributed by atoms with E-state index in [-0.39, 0.29) is 0 Å². The molecule has 1 rings (SSSR count). The van der Waals surface area contributed by atoms with Gasteiger partial charge in [0.15, 0.2) is 0 Å². The van der Waals surface area contributed by atoms with Gasteiger partial charge in [0.25, 0.3) is 0 Å². The molecular weight excluding hydrogens is 220 g/mol. The molecule has 1 unspecified atom stereocenters. The highest BCUT2D eigenvalue weighted by atomic mass is 15.2. The quantitative estimate of drug-likeness (QED) is 0.716. The second-order valence-corrected chi connectivity index (χ2v) is 6.96. The topological polar surface area (TPSA) is 29.3 Å². The molecule has 2 nitrogen and oxygen atoms in total. The molecule has 2 N–H and O–H groups in total. The lowest BCUT2D eigenvalue weighted by Gasteiger charge is -2.38. The predicted octanol–water partition coefficient (Wildman–Crippen LogP) is 3.65. The lowest BCUT2D eigenvalue weighted by Crippen LogP contribution is -2.45. The monoisotopic (exact) mass is 254 g/mol. The Morgan fingerprint density at radius 2 is 1.89 bits per heavy atom. The first kappa shape index (κ1) is 16.0. The Kier molecular flexibility index (Phi) is 6.65. The van der Waals surface area contributed by atoms with Crippen LogP contribution in [0.25, 0.3) is 0 Å². The number of hydrogen-bond donors (Lipinski definition) is 1. The van der Waals surface area contributed by atoms with Gasteiger partial charge in [-0.2, -0.15) is 0 Å². The Bertz CT molecular complexity index is 215. The molecule has 1 aliphatic rings. The molecule has 2 heteroatoms. The lowest BCUT2D eigenvalue weighted by molar-refractivity contribution is 0.115. The summed E-state index contributed by atoms with van der Waals surface area (Å²) in [5.41, 5.74) is 6.30. The van der Waals surface area contributed by atoms with Gasteiger partial charge in [-0.15, -0.1) is 0 Å². The van der Waals surface area contributed by atoms with Crippen LogP contribution in [0.2, 0.25) is 0 Å². The van der Waals surface area contributed by atoms with Crippen LogP contribution in [-0.4, -0.2) is 30.6 Å². The number of nitrogens with two attached hydrogens (primary N) is 1. The van der Waals surface area contributed by atoms with Crippen molar-refractivity contribution in [2.75, 3.05) is 19.6 Å². The Hall–Kier alpha value is -0.0800. The Labute approximate surface area is 114 Å². The molecular formula is C16H34N2. The van der Waals surface area contributed by atoms with Gasteiger partial charge in [-0.1, -0.05) is 40.5 Å². The summed E-state index contributed by atoms with van der Waals surface area (Å²) in [7, 11) is 0. The van der Waals surface area contributed by atoms with Gasteiger partial charge in [0, 0.05) is 12.6 Å². The van der Waals surface area contributed by atoms with Crippen LogP contribution in [0.15, 0.2) is 0 Å². The molecule has 0 aromatic rings. The molecule has 108 valence electrons. The molecule has 0 bridgehead atoms. The van der Waals surface area contributed by atoms with Gasteiger partial charge in [-0.05, 0) is 50.1 Å². The van der Waals surface area contributed by atoms with Crippen molar-refractivity contribution in [3.63, 3.8) is 0 Å². The van der Waals surface area contributed by atoms with E-state index in [1.165, 1.54) is 51.6 Å². The van der Waals surface area contributed by atoms with E-state index < -0.39 is 0 Å². The summed E-state index contributed by atoms with van der Waals surface area (Å²) >= 11 is 0. The summed E-state index contributed by atoms with van der Waals surface area (Å²) in [6.07, 6.45) is 8.17. The van der Waals surface area contributed by atoms with Crippen LogP contribution >= 0.6 is 0 Å². The molecule has 18 heavy (non-hydrogen) atoms. The molecule has 0 radical (unpaired) electrons. The third-order valence-corrected chi connectivity index (χ3v) is 4.77. The summed E-state index contributed by atoms with van der Waals surface area (Å²) in [5, 5.41) is 0. The smallest absolute Gasteiger partial charge is 0.00955 e. The van der Waals surface area contributed by atoms with E-state index in [0.717, 1.165) is 18.5 Å². The molecule has 0 spiro atoms. The first-order valence-electron chi connectivity index (χ1n) is 7.95.